The maximum absolute atomic E-state index is 12.4. The average Bonchev–Trinajstić information content (AvgIpc) is 2.98. The number of allylic oxidation sites excluding steroid dienone is 2. The Morgan fingerprint density at radius 2 is 0.976 bits per heavy atom. The first-order chi connectivity index (χ1) is 20.0. The lowest BCUT2D eigenvalue weighted by Gasteiger charge is -2.27. The molecule has 0 rings (SSSR count). The molecule has 6 nitrogen and oxygen atoms in total. The Kier molecular flexibility index (Phi) is 29.8. The maximum atomic E-state index is 12.4. The Morgan fingerprint density at radius 3 is 1.41 bits per heavy atom. The van der Waals surface area contributed by atoms with Crippen molar-refractivity contribution in [1.82, 2.24) is 5.32 Å². The summed E-state index contributed by atoms with van der Waals surface area (Å²) in [7, 11) is 0. The van der Waals surface area contributed by atoms with Gasteiger partial charge in [-0.2, -0.15) is 0 Å². The van der Waals surface area contributed by atoms with Crippen LogP contribution < -0.4 is 5.32 Å². The monoisotopic (exact) mass is 584 g/mol. The van der Waals surface area contributed by atoms with Gasteiger partial charge >= 0.3 is 0 Å². The molecule has 0 heterocycles. The van der Waals surface area contributed by atoms with Gasteiger partial charge in [-0.25, -0.2) is 0 Å². The van der Waals surface area contributed by atoms with Gasteiger partial charge in [0.25, 0.3) is 0 Å². The largest absolute Gasteiger partial charge is 0.394 e. The highest BCUT2D eigenvalue weighted by Crippen LogP contribution is 2.15. The van der Waals surface area contributed by atoms with Crippen LogP contribution in [0.15, 0.2) is 12.2 Å². The Hall–Kier alpha value is -0.950. The average molecular weight is 584 g/mol. The number of amides is 1. The Bertz CT molecular complexity index is 585. The third-order valence-electron chi connectivity index (χ3n) is 8.23. The Labute approximate surface area is 253 Å². The minimum absolute atomic E-state index is 0.363. The molecule has 0 bridgehead atoms. The highest BCUT2D eigenvalue weighted by atomic mass is 16.3. The van der Waals surface area contributed by atoms with Gasteiger partial charge in [0.05, 0.1) is 18.8 Å². The molecule has 5 N–H and O–H groups in total. The zero-order valence-electron chi connectivity index (χ0n) is 27.0. The van der Waals surface area contributed by atoms with Crippen molar-refractivity contribution in [3.05, 3.63) is 12.2 Å². The number of aliphatic hydroxyl groups is 4. The lowest BCUT2D eigenvalue weighted by Crippen LogP contribution is -2.53. The number of unbranched alkanes of at least 4 members (excludes halogenated alkanes) is 20. The third-order valence-corrected chi connectivity index (χ3v) is 8.23. The molecular weight excluding hydrogens is 514 g/mol. The molecule has 0 aliphatic rings. The summed E-state index contributed by atoms with van der Waals surface area (Å²) in [6.45, 7) is 3.97. The van der Waals surface area contributed by atoms with Crippen LogP contribution in [0.3, 0.4) is 0 Å². The number of carbonyl (C=O) groups is 1. The Morgan fingerprint density at radius 1 is 0.585 bits per heavy atom. The van der Waals surface area contributed by atoms with Crippen molar-refractivity contribution < 1.29 is 25.2 Å². The fourth-order valence-corrected chi connectivity index (χ4v) is 5.34. The number of hydrogen-bond acceptors (Lipinski definition) is 5. The zero-order chi connectivity index (χ0) is 30.4. The predicted molar refractivity (Wildman–Crippen MR) is 173 cm³/mol. The van der Waals surface area contributed by atoms with Crippen LogP contribution in [0, 0.1) is 0 Å². The molecule has 0 aromatic heterocycles. The second-order valence-electron chi connectivity index (χ2n) is 12.2. The van der Waals surface area contributed by atoms with E-state index in [4.69, 9.17) is 0 Å². The Balaban J connectivity index is 3.77. The minimum atomic E-state index is -1.25. The fourth-order valence-electron chi connectivity index (χ4n) is 5.34. The van der Waals surface area contributed by atoms with Crippen LogP contribution in [0.25, 0.3) is 0 Å². The van der Waals surface area contributed by atoms with Crippen LogP contribution in [-0.2, 0) is 4.79 Å². The molecule has 4 atom stereocenters. The van der Waals surface area contributed by atoms with E-state index < -0.39 is 36.9 Å². The van der Waals surface area contributed by atoms with E-state index in [2.05, 4.69) is 31.3 Å². The van der Waals surface area contributed by atoms with Gasteiger partial charge in [-0.15, -0.1) is 0 Å². The smallest absolute Gasteiger partial charge is 0.249 e. The van der Waals surface area contributed by atoms with Crippen LogP contribution in [0.2, 0.25) is 0 Å². The third kappa shape index (κ3) is 25.3. The fraction of sp³-hybridized carbons (Fsp3) is 0.914. The molecule has 0 aromatic rings. The maximum Gasteiger partial charge on any atom is 0.249 e. The topological polar surface area (TPSA) is 110 Å². The number of rotatable bonds is 31. The van der Waals surface area contributed by atoms with Gasteiger partial charge in [0.15, 0.2) is 0 Å². The molecule has 0 aromatic carbocycles. The molecule has 0 aliphatic carbocycles. The molecule has 4 unspecified atom stereocenters. The molecule has 0 aliphatic heterocycles. The van der Waals surface area contributed by atoms with Crippen molar-refractivity contribution in [2.24, 2.45) is 0 Å². The van der Waals surface area contributed by atoms with E-state index in [1.54, 1.807) is 0 Å². The molecule has 41 heavy (non-hydrogen) atoms. The lowest BCUT2D eigenvalue weighted by molar-refractivity contribution is -0.132. The summed E-state index contributed by atoms with van der Waals surface area (Å²) in [4.78, 5) is 12.4. The van der Waals surface area contributed by atoms with Gasteiger partial charge in [-0.3, -0.25) is 4.79 Å². The van der Waals surface area contributed by atoms with Crippen LogP contribution in [0.1, 0.15) is 174 Å². The highest BCUT2D eigenvalue weighted by Gasteiger charge is 2.28. The van der Waals surface area contributed by atoms with Crippen LogP contribution in [0.5, 0.6) is 0 Å². The van der Waals surface area contributed by atoms with Crippen molar-refractivity contribution in [2.45, 2.75) is 199 Å². The molecule has 0 radical (unpaired) electrons. The van der Waals surface area contributed by atoms with Gasteiger partial charge in [-0.1, -0.05) is 148 Å². The minimum Gasteiger partial charge on any atom is -0.394 e. The molecule has 0 saturated carbocycles. The standard InChI is InChI=1S/C35H69NO5/c1-3-5-7-9-11-12-13-14-15-16-17-18-19-20-21-23-25-27-29-33(39)35(41)36-31(30-37)34(40)32(38)28-26-24-22-10-8-6-4-2/h16-17,31-34,37-40H,3-15,18-30H2,1-2H3,(H,36,41)/b17-16-. The van der Waals surface area contributed by atoms with Crippen molar-refractivity contribution in [1.29, 1.82) is 0 Å². The molecule has 6 heteroatoms. The highest BCUT2D eigenvalue weighted by molar-refractivity contribution is 5.80. The molecule has 244 valence electrons. The summed E-state index contributed by atoms with van der Waals surface area (Å²) in [5.41, 5.74) is 0. The van der Waals surface area contributed by atoms with Crippen molar-refractivity contribution in [3.63, 3.8) is 0 Å². The van der Waals surface area contributed by atoms with E-state index in [1.807, 2.05) is 0 Å². The van der Waals surface area contributed by atoms with Crippen LogP contribution in [-0.4, -0.2) is 57.3 Å². The second-order valence-corrected chi connectivity index (χ2v) is 12.2. The van der Waals surface area contributed by atoms with Gasteiger partial charge in [0, 0.05) is 0 Å². The summed E-state index contributed by atoms with van der Waals surface area (Å²) in [5.74, 6) is -0.593. The zero-order valence-corrected chi connectivity index (χ0v) is 27.0. The van der Waals surface area contributed by atoms with Gasteiger partial charge < -0.3 is 25.7 Å². The normalized spacial score (nSPS) is 14.8. The van der Waals surface area contributed by atoms with E-state index in [9.17, 15) is 25.2 Å². The van der Waals surface area contributed by atoms with E-state index in [-0.39, 0.29) is 0 Å². The lowest BCUT2D eigenvalue weighted by atomic mass is 9.99. The molecule has 0 spiro atoms. The van der Waals surface area contributed by atoms with Gasteiger partial charge in [0.1, 0.15) is 12.2 Å². The SMILES string of the molecule is CCCCCCCCCC/C=C\CCCCCCCCC(O)C(=O)NC(CO)C(O)C(O)CCCCCCCCC. The van der Waals surface area contributed by atoms with Gasteiger partial charge in [-0.05, 0) is 38.5 Å². The first-order valence-electron chi connectivity index (χ1n) is 17.6. The predicted octanol–water partition coefficient (Wildman–Crippen LogP) is 7.89. The molecule has 0 fully saturated rings. The van der Waals surface area contributed by atoms with E-state index in [0.717, 1.165) is 44.9 Å². The van der Waals surface area contributed by atoms with Crippen LogP contribution >= 0.6 is 0 Å². The number of nitrogens with one attached hydrogen (secondary N) is 1. The molecule has 1 amide bonds. The molecule has 0 saturated heterocycles. The number of carbonyl (C=O) groups excluding carboxylic acids is 1. The summed E-state index contributed by atoms with van der Waals surface area (Å²) in [5, 5.41) is 43.1. The van der Waals surface area contributed by atoms with Crippen molar-refractivity contribution in [3.8, 4) is 0 Å². The van der Waals surface area contributed by atoms with Crippen molar-refractivity contribution >= 4 is 5.91 Å². The van der Waals surface area contributed by atoms with E-state index >= 15 is 0 Å². The molecular formula is C35H69NO5. The number of aliphatic hydroxyl groups excluding tert-OH is 4. The summed E-state index contributed by atoms with van der Waals surface area (Å²) >= 11 is 0. The first-order valence-corrected chi connectivity index (χ1v) is 17.6. The van der Waals surface area contributed by atoms with E-state index in [1.165, 1.54) is 103 Å². The van der Waals surface area contributed by atoms with Crippen molar-refractivity contribution in [2.75, 3.05) is 6.61 Å². The second kappa shape index (κ2) is 30.5. The summed E-state index contributed by atoms with van der Waals surface area (Å²) in [6, 6.07) is -0.980. The summed E-state index contributed by atoms with van der Waals surface area (Å²) in [6.07, 6.45) is 29.6. The first kappa shape index (κ1) is 40.1. The number of hydrogen-bond donors (Lipinski definition) is 5. The van der Waals surface area contributed by atoms with E-state index in [0.29, 0.717) is 12.8 Å². The summed E-state index contributed by atoms with van der Waals surface area (Å²) < 4.78 is 0. The van der Waals surface area contributed by atoms with Gasteiger partial charge in [0.2, 0.25) is 5.91 Å². The quantitative estimate of drug-likeness (QED) is 0.0421. The van der Waals surface area contributed by atoms with Crippen LogP contribution in [0.4, 0.5) is 0 Å².